The highest BCUT2D eigenvalue weighted by Gasteiger charge is 2.26. The van der Waals surface area contributed by atoms with Crippen LogP contribution in [0.25, 0.3) is 11.3 Å². The zero-order chi connectivity index (χ0) is 14.9. The first-order valence-electron chi connectivity index (χ1n) is 7.44. The lowest BCUT2D eigenvalue weighted by Crippen LogP contribution is -2.56. The maximum atomic E-state index is 4.62. The van der Waals surface area contributed by atoms with Gasteiger partial charge in [-0.05, 0) is 26.0 Å². The summed E-state index contributed by atoms with van der Waals surface area (Å²) in [5.74, 6) is 0. The standard InChI is InChI=1S/C16H23N5/c1-16(2)12-21(8-7-18-16)11-14-10-20(3)19-15(14)13-5-4-6-17-9-13/h4-6,9-10,18H,7-8,11-12H2,1-3H3. The van der Waals surface area contributed by atoms with Crippen LogP contribution in [-0.2, 0) is 13.6 Å². The van der Waals surface area contributed by atoms with Gasteiger partial charge in [0.25, 0.3) is 0 Å². The number of piperazine rings is 1. The molecule has 5 nitrogen and oxygen atoms in total. The van der Waals surface area contributed by atoms with Crippen molar-refractivity contribution in [1.82, 2.24) is 25.0 Å². The third-order valence-electron chi connectivity index (χ3n) is 3.88. The van der Waals surface area contributed by atoms with Gasteiger partial charge in [0, 0.05) is 68.5 Å². The summed E-state index contributed by atoms with van der Waals surface area (Å²) in [5.41, 5.74) is 3.57. The summed E-state index contributed by atoms with van der Waals surface area (Å²) in [6, 6.07) is 4.03. The molecular formula is C16H23N5. The Morgan fingerprint density at radius 3 is 2.95 bits per heavy atom. The summed E-state index contributed by atoms with van der Waals surface area (Å²) in [5, 5.41) is 8.17. The van der Waals surface area contributed by atoms with Crippen molar-refractivity contribution in [3.8, 4) is 11.3 Å². The van der Waals surface area contributed by atoms with Gasteiger partial charge in [0.2, 0.25) is 0 Å². The van der Waals surface area contributed by atoms with Crippen molar-refractivity contribution < 1.29 is 0 Å². The molecule has 0 aromatic carbocycles. The average molecular weight is 285 g/mol. The molecule has 21 heavy (non-hydrogen) atoms. The van der Waals surface area contributed by atoms with E-state index >= 15 is 0 Å². The van der Waals surface area contributed by atoms with Gasteiger partial charge in [0.15, 0.2) is 0 Å². The Kier molecular flexibility index (Phi) is 3.78. The summed E-state index contributed by atoms with van der Waals surface area (Å²) in [6.07, 6.45) is 5.80. The van der Waals surface area contributed by atoms with E-state index in [-0.39, 0.29) is 5.54 Å². The Morgan fingerprint density at radius 2 is 2.24 bits per heavy atom. The smallest absolute Gasteiger partial charge is 0.0983 e. The summed E-state index contributed by atoms with van der Waals surface area (Å²) >= 11 is 0. The van der Waals surface area contributed by atoms with Crippen LogP contribution in [0.15, 0.2) is 30.7 Å². The maximum Gasteiger partial charge on any atom is 0.0983 e. The average Bonchev–Trinajstić information content (AvgIpc) is 2.79. The van der Waals surface area contributed by atoms with Crippen molar-refractivity contribution in [2.45, 2.75) is 25.9 Å². The van der Waals surface area contributed by atoms with Crippen molar-refractivity contribution in [2.75, 3.05) is 19.6 Å². The number of nitrogens with one attached hydrogen (secondary N) is 1. The fourth-order valence-corrected chi connectivity index (χ4v) is 3.02. The van der Waals surface area contributed by atoms with Gasteiger partial charge in [-0.1, -0.05) is 0 Å². The molecule has 0 spiro atoms. The Labute approximate surface area is 126 Å². The predicted molar refractivity (Wildman–Crippen MR) is 83.8 cm³/mol. The van der Waals surface area contributed by atoms with Crippen LogP contribution >= 0.6 is 0 Å². The van der Waals surface area contributed by atoms with Gasteiger partial charge in [-0.15, -0.1) is 0 Å². The Hall–Kier alpha value is -1.72. The van der Waals surface area contributed by atoms with E-state index in [4.69, 9.17) is 0 Å². The molecule has 0 unspecified atom stereocenters. The zero-order valence-electron chi connectivity index (χ0n) is 13.0. The van der Waals surface area contributed by atoms with Crippen molar-refractivity contribution in [2.24, 2.45) is 7.05 Å². The third-order valence-corrected chi connectivity index (χ3v) is 3.88. The van der Waals surface area contributed by atoms with Crippen molar-refractivity contribution >= 4 is 0 Å². The largest absolute Gasteiger partial charge is 0.309 e. The normalized spacial score (nSPS) is 18.8. The Bertz CT molecular complexity index is 602. The molecule has 0 amide bonds. The molecule has 0 radical (unpaired) electrons. The molecular weight excluding hydrogens is 262 g/mol. The minimum Gasteiger partial charge on any atom is -0.309 e. The molecule has 2 aromatic heterocycles. The van der Waals surface area contributed by atoms with Gasteiger partial charge in [-0.25, -0.2) is 0 Å². The lowest BCUT2D eigenvalue weighted by molar-refractivity contribution is 0.148. The second-order valence-electron chi connectivity index (χ2n) is 6.44. The molecule has 0 bridgehead atoms. The Balaban J connectivity index is 1.83. The van der Waals surface area contributed by atoms with Gasteiger partial charge < -0.3 is 5.32 Å². The van der Waals surface area contributed by atoms with E-state index in [2.05, 4.69) is 46.4 Å². The van der Waals surface area contributed by atoms with E-state index in [1.807, 2.05) is 24.0 Å². The van der Waals surface area contributed by atoms with Crippen LogP contribution in [0.3, 0.4) is 0 Å². The van der Waals surface area contributed by atoms with Crippen LogP contribution in [0.5, 0.6) is 0 Å². The van der Waals surface area contributed by atoms with Crippen LogP contribution in [0.2, 0.25) is 0 Å². The zero-order valence-corrected chi connectivity index (χ0v) is 13.0. The van der Waals surface area contributed by atoms with Gasteiger partial charge in [0.05, 0.1) is 5.69 Å². The van der Waals surface area contributed by atoms with E-state index < -0.39 is 0 Å². The van der Waals surface area contributed by atoms with Crippen LogP contribution < -0.4 is 5.32 Å². The first kappa shape index (κ1) is 14.2. The second kappa shape index (κ2) is 5.58. The molecule has 3 heterocycles. The number of hydrogen-bond acceptors (Lipinski definition) is 4. The molecule has 112 valence electrons. The molecule has 1 N–H and O–H groups in total. The third kappa shape index (κ3) is 3.31. The number of rotatable bonds is 3. The SMILES string of the molecule is Cn1cc(CN2CCNC(C)(C)C2)c(-c2cccnc2)n1. The molecule has 2 aromatic rings. The second-order valence-corrected chi connectivity index (χ2v) is 6.44. The van der Waals surface area contributed by atoms with Crippen LogP contribution in [-0.4, -0.2) is 44.8 Å². The molecule has 1 saturated heterocycles. The summed E-state index contributed by atoms with van der Waals surface area (Å²) < 4.78 is 1.89. The number of aromatic nitrogens is 3. The van der Waals surface area contributed by atoms with Crippen molar-refractivity contribution in [3.05, 3.63) is 36.3 Å². The van der Waals surface area contributed by atoms with E-state index in [9.17, 15) is 0 Å². The van der Waals surface area contributed by atoms with Crippen LogP contribution in [0, 0.1) is 0 Å². The van der Waals surface area contributed by atoms with Gasteiger partial charge in [-0.3, -0.25) is 14.6 Å². The number of nitrogens with zero attached hydrogens (tertiary/aromatic N) is 4. The highest BCUT2D eigenvalue weighted by Crippen LogP contribution is 2.23. The lowest BCUT2D eigenvalue weighted by atomic mass is 10.0. The van der Waals surface area contributed by atoms with Gasteiger partial charge in [-0.2, -0.15) is 5.10 Å². The maximum absolute atomic E-state index is 4.62. The highest BCUT2D eigenvalue weighted by atomic mass is 15.3. The Morgan fingerprint density at radius 1 is 1.38 bits per heavy atom. The molecule has 1 aliphatic heterocycles. The van der Waals surface area contributed by atoms with Gasteiger partial charge in [0.1, 0.15) is 0 Å². The number of hydrogen-bond donors (Lipinski definition) is 1. The molecule has 0 atom stereocenters. The number of aryl methyl sites for hydroxylation is 1. The van der Waals surface area contributed by atoms with Crippen LogP contribution in [0.1, 0.15) is 19.4 Å². The van der Waals surface area contributed by atoms with Gasteiger partial charge >= 0.3 is 0 Å². The molecule has 3 rings (SSSR count). The van der Waals surface area contributed by atoms with Crippen molar-refractivity contribution in [3.63, 3.8) is 0 Å². The highest BCUT2D eigenvalue weighted by molar-refractivity contribution is 5.61. The molecule has 1 aliphatic rings. The predicted octanol–water partition coefficient (Wildman–Crippen LogP) is 1.67. The fraction of sp³-hybridized carbons (Fsp3) is 0.500. The summed E-state index contributed by atoms with van der Waals surface area (Å²) in [4.78, 5) is 6.70. The molecule has 5 heteroatoms. The molecule has 0 aliphatic carbocycles. The lowest BCUT2D eigenvalue weighted by Gasteiger charge is -2.39. The number of pyridine rings is 1. The molecule has 0 saturated carbocycles. The van der Waals surface area contributed by atoms with Crippen molar-refractivity contribution in [1.29, 1.82) is 0 Å². The first-order chi connectivity index (χ1) is 10.0. The van der Waals surface area contributed by atoms with E-state index in [0.717, 1.165) is 37.4 Å². The van der Waals surface area contributed by atoms with E-state index in [1.165, 1.54) is 5.56 Å². The monoisotopic (exact) mass is 285 g/mol. The summed E-state index contributed by atoms with van der Waals surface area (Å²) in [7, 11) is 1.98. The first-order valence-corrected chi connectivity index (χ1v) is 7.44. The van der Waals surface area contributed by atoms with E-state index in [0.29, 0.717) is 0 Å². The minimum absolute atomic E-state index is 0.176. The fourth-order valence-electron chi connectivity index (χ4n) is 3.02. The van der Waals surface area contributed by atoms with E-state index in [1.54, 1.807) is 6.20 Å². The topological polar surface area (TPSA) is 46.0 Å². The molecule has 1 fully saturated rings. The minimum atomic E-state index is 0.176. The summed E-state index contributed by atoms with van der Waals surface area (Å²) in [6.45, 7) is 8.60. The van der Waals surface area contributed by atoms with Crippen LogP contribution in [0.4, 0.5) is 0 Å². The quantitative estimate of drug-likeness (QED) is 0.932.